The maximum atomic E-state index is 5.32. The van der Waals surface area contributed by atoms with Gasteiger partial charge in [0.05, 0.1) is 0 Å². The highest BCUT2D eigenvalue weighted by Gasteiger charge is 2.18. The minimum Gasteiger partial charge on any atom is -0.208 e. The first-order valence-corrected chi connectivity index (χ1v) is 23.5. The van der Waals surface area contributed by atoms with E-state index in [1.165, 1.54) is 69.5 Å². The van der Waals surface area contributed by atoms with Gasteiger partial charge in [-0.05, 0) is 107 Å². The van der Waals surface area contributed by atoms with Crippen LogP contribution in [-0.2, 0) is 0 Å². The van der Waals surface area contributed by atoms with E-state index in [9.17, 15) is 0 Å². The number of thiophene rings is 1. The van der Waals surface area contributed by atoms with Crippen molar-refractivity contribution in [2.24, 2.45) is 0 Å². The predicted molar refractivity (Wildman–Crippen MR) is 283 cm³/mol. The molecule has 0 bridgehead atoms. The lowest BCUT2D eigenvalue weighted by molar-refractivity contribution is 1.08. The van der Waals surface area contributed by atoms with Crippen LogP contribution >= 0.6 is 11.3 Å². The third-order valence-corrected chi connectivity index (χ3v) is 14.3. The highest BCUT2D eigenvalue weighted by atomic mass is 32.1. The van der Waals surface area contributed by atoms with E-state index in [0.29, 0.717) is 17.5 Å². The lowest BCUT2D eigenvalue weighted by atomic mass is 9.95. The van der Waals surface area contributed by atoms with Gasteiger partial charge < -0.3 is 0 Å². The van der Waals surface area contributed by atoms with Crippen molar-refractivity contribution in [3.8, 4) is 78.7 Å². The number of fused-ring (bicyclic) bond motifs is 6. The number of hydrogen-bond donors (Lipinski definition) is 0. The second-order valence-electron chi connectivity index (χ2n) is 17.1. The summed E-state index contributed by atoms with van der Waals surface area (Å²) in [6, 6.07) is 84.8. The zero-order valence-corrected chi connectivity index (χ0v) is 37.1. The molecule has 0 saturated carbocycles. The molecular formula is C63H39N3S. The van der Waals surface area contributed by atoms with Crippen LogP contribution in [0.3, 0.4) is 0 Å². The first kappa shape index (κ1) is 38.9. The molecule has 3 nitrogen and oxygen atoms in total. The molecule has 11 aromatic carbocycles. The monoisotopic (exact) mass is 869 g/mol. The predicted octanol–water partition coefficient (Wildman–Crippen LogP) is 17.4. The molecule has 13 rings (SSSR count). The van der Waals surface area contributed by atoms with Gasteiger partial charge >= 0.3 is 0 Å². The SMILES string of the molecule is c1cc(-c2ccc(-c3cccc4ccccc34)cc2)cc(-c2nc(-c3cccc(-c4cccc5ccccc45)c3)nc(-c3cccc4cc(-c5cccc6sc7ccccc7c56)ccc34)n2)c1. The molecule has 4 heteroatoms. The highest BCUT2D eigenvalue weighted by molar-refractivity contribution is 7.25. The average Bonchev–Trinajstić information content (AvgIpc) is 3.79. The van der Waals surface area contributed by atoms with Gasteiger partial charge in [-0.1, -0.05) is 206 Å². The van der Waals surface area contributed by atoms with E-state index in [-0.39, 0.29) is 0 Å². The first-order valence-electron chi connectivity index (χ1n) is 22.7. The maximum Gasteiger partial charge on any atom is 0.164 e. The van der Waals surface area contributed by atoms with Crippen molar-refractivity contribution in [2.45, 2.75) is 0 Å². The van der Waals surface area contributed by atoms with Gasteiger partial charge in [0.15, 0.2) is 17.5 Å². The normalized spacial score (nSPS) is 11.6. The molecule has 0 N–H and O–H groups in total. The van der Waals surface area contributed by atoms with Crippen LogP contribution in [0.1, 0.15) is 0 Å². The Morgan fingerprint density at radius 3 is 1.42 bits per heavy atom. The fourth-order valence-corrected chi connectivity index (χ4v) is 11.0. The standard InChI is InChI=1S/C63H39N3S/c1-3-22-50-41(13-1)15-9-25-52(50)43-33-31-40(32-34-43)44-17-7-20-48(37-44)61-64-62(49-21-8-18-46(39-49)53-26-10-16-42-14-2-4-23-51(42)53)66-63(65-61)56-28-11-19-45-38-47(35-36-54(45)56)55-27-12-30-59-60(55)57-24-5-6-29-58(57)67-59/h1-39H. The largest absolute Gasteiger partial charge is 0.208 e. The van der Waals surface area contributed by atoms with Crippen LogP contribution in [0.25, 0.3) is 131 Å². The van der Waals surface area contributed by atoms with Crippen molar-refractivity contribution in [1.29, 1.82) is 0 Å². The second kappa shape index (κ2) is 16.1. The molecule has 0 aliphatic carbocycles. The summed E-state index contributed by atoms with van der Waals surface area (Å²) in [7, 11) is 0. The third-order valence-electron chi connectivity index (χ3n) is 13.1. The second-order valence-corrected chi connectivity index (χ2v) is 18.2. The summed E-state index contributed by atoms with van der Waals surface area (Å²) in [6.07, 6.45) is 0. The minimum atomic E-state index is 0.620. The molecule has 0 aliphatic heterocycles. The van der Waals surface area contributed by atoms with Crippen molar-refractivity contribution >= 4 is 63.8 Å². The molecule has 0 radical (unpaired) electrons. The molecule has 0 aliphatic rings. The minimum absolute atomic E-state index is 0.620. The average molecular weight is 870 g/mol. The van der Waals surface area contributed by atoms with E-state index in [1.54, 1.807) is 0 Å². The molecule has 2 aromatic heterocycles. The molecule has 67 heavy (non-hydrogen) atoms. The molecule has 0 amide bonds. The molecule has 0 unspecified atom stereocenters. The van der Waals surface area contributed by atoms with Gasteiger partial charge in [-0.2, -0.15) is 0 Å². The zero-order valence-electron chi connectivity index (χ0n) is 36.3. The number of hydrogen-bond acceptors (Lipinski definition) is 4. The lowest BCUT2D eigenvalue weighted by Crippen LogP contribution is -2.01. The maximum absolute atomic E-state index is 5.32. The van der Waals surface area contributed by atoms with Crippen LogP contribution in [0.4, 0.5) is 0 Å². The topological polar surface area (TPSA) is 38.7 Å². The molecule has 13 aromatic rings. The first-order chi connectivity index (χ1) is 33.2. The van der Waals surface area contributed by atoms with Gasteiger partial charge in [0.1, 0.15) is 0 Å². The van der Waals surface area contributed by atoms with Crippen LogP contribution < -0.4 is 0 Å². The van der Waals surface area contributed by atoms with Crippen LogP contribution in [-0.4, -0.2) is 15.0 Å². The van der Waals surface area contributed by atoms with Gasteiger partial charge in [0, 0.05) is 36.9 Å². The molecule has 0 fully saturated rings. The number of benzene rings is 11. The Bertz CT molecular complexity index is 4040. The van der Waals surface area contributed by atoms with Crippen molar-refractivity contribution in [2.75, 3.05) is 0 Å². The van der Waals surface area contributed by atoms with Gasteiger partial charge in [0.2, 0.25) is 0 Å². The Morgan fingerprint density at radius 1 is 0.239 bits per heavy atom. The Morgan fingerprint density at radius 2 is 0.687 bits per heavy atom. The molecule has 0 spiro atoms. The fourth-order valence-electron chi connectivity index (χ4n) is 9.88. The van der Waals surface area contributed by atoms with E-state index in [2.05, 4.69) is 237 Å². The Hall–Kier alpha value is -8.57. The summed E-state index contributed by atoms with van der Waals surface area (Å²) in [6.45, 7) is 0. The lowest BCUT2D eigenvalue weighted by Gasteiger charge is -2.13. The molecule has 0 atom stereocenters. The molecular weight excluding hydrogens is 831 g/mol. The van der Waals surface area contributed by atoms with Gasteiger partial charge in [-0.25, -0.2) is 15.0 Å². The molecule has 2 heterocycles. The molecule has 312 valence electrons. The summed E-state index contributed by atoms with van der Waals surface area (Å²) >= 11 is 1.85. The number of aromatic nitrogens is 3. The van der Waals surface area contributed by atoms with Gasteiger partial charge in [0.25, 0.3) is 0 Å². The van der Waals surface area contributed by atoms with Crippen LogP contribution in [0.5, 0.6) is 0 Å². The van der Waals surface area contributed by atoms with Crippen molar-refractivity contribution < 1.29 is 0 Å². The summed E-state index contributed by atoms with van der Waals surface area (Å²) in [5.41, 5.74) is 12.1. The van der Waals surface area contributed by atoms with Gasteiger partial charge in [-0.3, -0.25) is 0 Å². The van der Waals surface area contributed by atoms with Gasteiger partial charge in [-0.15, -0.1) is 11.3 Å². The van der Waals surface area contributed by atoms with E-state index >= 15 is 0 Å². The summed E-state index contributed by atoms with van der Waals surface area (Å²) in [5.74, 6) is 1.87. The van der Waals surface area contributed by atoms with E-state index in [4.69, 9.17) is 15.0 Å². The van der Waals surface area contributed by atoms with Crippen molar-refractivity contribution in [3.05, 3.63) is 237 Å². The van der Waals surface area contributed by atoms with Crippen molar-refractivity contribution in [3.63, 3.8) is 0 Å². The quantitative estimate of drug-likeness (QED) is 0.160. The fraction of sp³-hybridized carbons (Fsp3) is 0. The Kier molecular flexibility index (Phi) is 9.36. The van der Waals surface area contributed by atoms with E-state index in [0.717, 1.165) is 44.2 Å². The number of nitrogens with zero attached hydrogens (tertiary/aromatic N) is 3. The smallest absolute Gasteiger partial charge is 0.164 e. The van der Waals surface area contributed by atoms with Crippen LogP contribution in [0.15, 0.2) is 237 Å². The van der Waals surface area contributed by atoms with E-state index < -0.39 is 0 Å². The zero-order chi connectivity index (χ0) is 44.3. The highest BCUT2D eigenvalue weighted by Crippen LogP contribution is 2.42. The van der Waals surface area contributed by atoms with Crippen molar-refractivity contribution in [1.82, 2.24) is 15.0 Å². The third kappa shape index (κ3) is 6.94. The van der Waals surface area contributed by atoms with Crippen LogP contribution in [0, 0.1) is 0 Å². The summed E-state index contributed by atoms with van der Waals surface area (Å²) < 4.78 is 2.60. The Balaban J connectivity index is 0.938. The Labute approximate surface area is 392 Å². The van der Waals surface area contributed by atoms with E-state index in [1.807, 2.05) is 11.3 Å². The number of rotatable bonds is 7. The summed E-state index contributed by atoms with van der Waals surface area (Å²) in [4.78, 5) is 15.9. The molecule has 0 saturated heterocycles. The van der Waals surface area contributed by atoms with Crippen LogP contribution in [0.2, 0.25) is 0 Å². The summed E-state index contributed by atoms with van der Waals surface area (Å²) in [5, 5.41) is 9.71.